The van der Waals surface area contributed by atoms with Crippen LogP contribution in [0.4, 0.5) is 0 Å². The zero-order chi connectivity index (χ0) is 10.4. The fourth-order valence-electron chi connectivity index (χ4n) is 0.901. The molecule has 0 bridgehead atoms. The third-order valence-corrected chi connectivity index (χ3v) is 4.30. The van der Waals surface area contributed by atoms with Crippen LogP contribution < -0.4 is 0 Å². The van der Waals surface area contributed by atoms with Crippen LogP contribution in [0.5, 0.6) is 0 Å². The van der Waals surface area contributed by atoms with E-state index in [2.05, 4.69) is 6.58 Å². The molecule has 0 N–H and O–H groups in total. The second-order valence-electron chi connectivity index (χ2n) is 3.07. The summed E-state index contributed by atoms with van der Waals surface area (Å²) < 4.78 is 10.4. The Morgan fingerprint density at radius 1 is 1.62 bits per heavy atom. The van der Waals surface area contributed by atoms with Gasteiger partial charge in [0, 0.05) is 12.7 Å². The summed E-state index contributed by atoms with van der Waals surface area (Å²) in [7, 11) is 0.283. The summed E-state index contributed by atoms with van der Waals surface area (Å²) in [5, 5.41) is 0. The van der Waals surface area contributed by atoms with Gasteiger partial charge in [-0.3, -0.25) is 0 Å². The van der Waals surface area contributed by atoms with Crippen LogP contribution in [0.15, 0.2) is 12.2 Å². The molecule has 3 nitrogen and oxygen atoms in total. The fraction of sp³-hybridized carbons (Fsp3) is 0.667. The van der Waals surface area contributed by atoms with Crippen LogP contribution in [0.1, 0.15) is 20.3 Å². The predicted molar refractivity (Wildman–Crippen MR) is 55.0 cm³/mol. The van der Waals surface area contributed by atoms with Gasteiger partial charge in [-0.15, -0.1) is 0 Å². The molecule has 0 saturated carbocycles. The van der Waals surface area contributed by atoms with Crippen molar-refractivity contribution < 1.29 is 14.0 Å². The van der Waals surface area contributed by atoms with Crippen molar-refractivity contribution in [1.29, 1.82) is 0 Å². The molecule has 4 heteroatoms. The molecule has 0 saturated heterocycles. The quantitative estimate of drug-likeness (QED) is 0.384. The first-order valence-corrected chi connectivity index (χ1v) is 6.71. The van der Waals surface area contributed by atoms with Crippen LogP contribution in [-0.2, 0) is 14.0 Å². The van der Waals surface area contributed by atoms with E-state index in [0.29, 0.717) is 5.57 Å². The first-order valence-electron chi connectivity index (χ1n) is 4.42. The van der Waals surface area contributed by atoms with Crippen LogP contribution in [0.25, 0.3) is 0 Å². The first-order chi connectivity index (χ1) is 6.02. The van der Waals surface area contributed by atoms with Gasteiger partial charge in [-0.05, 0) is 19.9 Å². The Labute approximate surface area is 81.5 Å². The van der Waals surface area contributed by atoms with Gasteiger partial charge in [-0.25, -0.2) is 4.79 Å². The van der Waals surface area contributed by atoms with Gasteiger partial charge in [0.05, 0.1) is 0 Å². The second kappa shape index (κ2) is 5.94. The van der Waals surface area contributed by atoms with Crippen molar-refractivity contribution in [2.45, 2.75) is 32.5 Å². The average molecular weight is 202 g/mol. The molecular weight excluding hydrogens is 184 g/mol. The molecule has 0 fully saturated rings. The predicted octanol–water partition coefficient (Wildman–Crippen LogP) is 1.42. The van der Waals surface area contributed by atoms with Gasteiger partial charge in [0.2, 0.25) is 9.04 Å². The Bertz CT molecular complexity index is 191. The Morgan fingerprint density at radius 3 is 2.46 bits per heavy atom. The van der Waals surface area contributed by atoms with E-state index in [1.807, 2.05) is 13.5 Å². The molecule has 2 atom stereocenters. The molecule has 13 heavy (non-hydrogen) atoms. The number of ether oxygens (including phenoxy) is 1. The normalized spacial score (nSPS) is 14.8. The van der Waals surface area contributed by atoms with Gasteiger partial charge in [-0.2, -0.15) is 0 Å². The van der Waals surface area contributed by atoms with E-state index in [1.165, 1.54) is 0 Å². The molecule has 0 aliphatic rings. The summed E-state index contributed by atoms with van der Waals surface area (Å²) in [6.45, 7) is 9.17. The zero-order valence-corrected chi connectivity index (χ0v) is 9.95. The maximum Gasteiger partial charge on any atom is 0.333 e. The molecule has 0 spiro atoms. The minimum atomic E-state index is -1.38. The lowest BCUT2D eigenvalue weighted by atomic mass is 10.4. The van der Waals surface area contributed by atoms with E-state index >= 15 is 0 Å². The summed E-state index contributed by atoms with van der Waals surface area (Å²) in [5.41, 5.74) is 0.393. The maximum atomic E-state index is 11.2. The van der Waals surface area contributed by atoms with Crippen LogP contribution in [0, 0.1) is 0 Å². The van der Waals surface area contributed by atoms with E-state index in [1.54, 1.807) is 14.0 Å². The lowest BCUT2D eigenvalue weighted by molar-refractivity contribution is -0.141. The molecule has 0 aliphatic carbocycles. The summed E-state index contributed by atoms with van der Waals surface area (Å²) >= 11 is 0. The monoisotopic (exact) mass is 202 g/mol. The van der Waals surface area contributed by atoms with E-state index in [0.717, 1.165) is 6.42 Å². The highest BCUT2D eigenvalue weighted by molar-refractivity contribution is 6.51. The van der Waals surface area contributed by atoms with Crippen molar-refractivity contribution in [1.82, 2.24) is 0 Å². The third-order valence-electron chi connectivity index (χ3n) is 1.90. The second-order valence-corrected chi connectivity index (χ2v) is 5.70. The molecule has 76 valence electrons. The molecule has 0 radical (unpaired) electrons. The Morgan fingerprint density at radius 2 is 2.15 bits per heavy atom. The van der Waals surface area contributed by atoms with E-state index in [4.69, 9.17) is 9.16 Å². The van der Waals surface area contributed by atoms with Gasteiger partial charge in [0.25, 0.3) is 0 Å². The van der Waals surface area contributed by atoms with Crippen LogP contribution in [-0.4, -0.2) is 27.8 Å². The number of carbonyl (C=O) groups is 1. The fourth-order valence-corrected chi connectivity index (χ4v) is 2.18. The van der Waals surface area contributed by atoms with Crippen LogP contribution in [0.2, 0.25) is 6.55 Å². The summed E-state index contributed by atoms with van der Waals surface area (Å²) in [4.78, 5) is 11.2. The number of hydrogen-bond acceptors (Lipinski definition) is 3. The molecule has 0 heterocycles. The number of hydrogen-bond donors (Lipinski definition) is 0. The number of rotatable bonds is 5. The highest BCUT2D eigenvalue weighted by atomic mass is 28.3. The zero-order valence-electron chi connectivity index (χ0n) is 8.79. The standard InChI is InChI=1S/C9H18O3Si/c1-6-8(13(5)11-4)12-9(10)7(2)3/h8,13H,2,6H2,1,3-5H3. The van der Waals surface area contributed by atoms with Crippen molar-refractivity contribution in [2.24, 2.45) is 0 Å². The Hall–Kier alpha value is -0.613. The summed E-state index contributed by atoms with van der Waals surface area (Å²) in [6, 6.07) is 0. The minimum Gasteiger partial charge on any atom is -0.460 e. The van der Waals surface area contributed by atoms with Crippen LogP contribution in [0.3, 0.4) is 0 Å². The van der Waals surface area contributed by atoms with Crippen molar-refractivity contribution in [3.05, 3.63) is 12.2 Å². The van der Waals surface area contributed by atoms with E-state index in [9.17, 15) is 4.79 Å². The lowest BCUT2D eigenvalue weighted by Crippen LogP contribution is -2.34. The first kappa shape index (κ1) is 12.4. The average Bonchev–Trinajstić information content (AvgIpc) is 2.12. The van der Waals surface area contributed by atoms with Crippen molar-refractivity contribution in [3.63, 3.8) is 0 Å². The molecule has 2 unspecified atom stereocenters. The summed E-state index contributed by atoms with van der Waals surface area (Å²) in [6.07, 6.45) is 0.806. The largest absolute Gasteiger partial charge is 0.460 e. The van der Waals surface area contributed by atoms with Crippen molar-refractivity contribution in [3.8, 4) is 0 Å². The maximum absolute atomic E-state index is 11.2. The topological polar surface area (TPSA) is 35.5 Å². The molecule has 0 aliphatic heterocycles. The highest BCUT2D eigenvalue weighted by Gasteiger charge is 2.21. The highest BCUT2D eigenvalue weighted by Crippen LogP contribution is 2.06. The Kier molecular flexibility index (Phi) is 5.66. The number of carbonyl (C=O) groups excluding carboxylic acids is 1. The van der Waals surface area contributed by atoms with Gasteiger partial charge in [-0.1, -0.05) is 13.5 Å². The number of esters is 1. The Balaban J connectivity index is 4.12. The van der Waals surface area contributed by atoms with Gasteiger partial charge in [0.15, 0.2) is 0 Å². The smallest absolute Gasteiger partial charge is 0.333 e. The van der Waals surface area contributed by atoms with Gasteiger partial charge < -0.3 is 9.16 Å². The molecule has 0 aromatic rings. The van der Waals surface area contributed by atoms with Gasteiger partial charge >= 0.3 is 5.97 Å². The molecule has 0 amide bonds. The molecule has 0 rings (SSSR count). The molecule has 0 aromatic carbocycles. The molecule has 0 aromatic heterocycles. The SMILES string of the molecule is C=C(C)C(=O)OC(CC)[SiH](C)OC. The summed E-state index contributed by atoms with van der Waals surface area (Å²) in [5.74, 6) is -0.316. The van der Waals surface area contributed by atoms with Crippen molar-refractivity contribution >= 4 is 15.0 Å². The molecular formula is C9H18O3Si. The van der Waals surface area contributed by atoms with Crippen LogP contribution >= 0.6 is 0 Å². The lowest BCUT2D eigenvalue weighted by Gasteiger charge is -2.20. The van der Waals surface area contributed by atoms with Crippen molar-refractivity contribution in [2.75, 3.05) is 7.11 Å². The van der Waals surface area contributed by atoms with Gasteiger partial charge in [0.1, 0.15) is 5.73 Å². The minimum absolute atomic E-state index is 0.0470. The van der Waals surface area contributed by atoms with E-state index < -0.39 is 9.04 Å². The third kappa shape index (κ3) is 4.24. The van der Waals surface area contributed by atoms with E-state index in [-0.39, 0.29) is 11.7 Å².